The van der Waals surface area contributed by atoms with E-state index in [0.717, 1.165) is 0 Å². The number of hydrogen-bond donors (Lipinski definition) is 0. The van der Waals surface area contributed by atoms with Crippen LogP contribution >= 0.6 is 15.9 Å². The molecule has 0 amide bonds. The van der Waals surface area contributed by atoms with Gasteiger partial charge in [0.15, 0.2) is 0 Å². The predicted octanol–water partition coefficient (Wildman–Crippen LogP) is 2.33. The predicted molar refractivity (Wildman–Crippen MR) is 39.5 cm³/mol. The summed E-state index contributed by atoms with van der Waals surface area (Å²) in [6.07, 6.45) is 2.85. The van der Waals surface area contributed by atoms with Crippen molar-refractivity contribution in [3.63, 3.8) is 0 Å². The average Bonchev–Trinajstić information content (AvgIpc) is 1.69. The fourth-order valence-electron chi connectivity index (χ4n) is 0.341. The van der Waals surface area contributed by atoms with E-state index >= 15 is 0 Å². The minimum atomic E-state index is 0.179. The van der Waals surface area contributed by atoms with Crippen molar-refractivity contribution >= 4 is 39.5 Å². The van der Waals surface area contributed by atoms with Gasteiger partial charge in [-0.15, -0.1) is 0 Å². The van der Waals surface area contributed by atoms with E-state index in [9.17, 15) is 0 Å². The number of rotatable bonds is 4. The van der Waals surface area contributed by atoms with Gasteiger partial charge >= 0.3 is 66.3 Å². The van der Waals surface area contributed by atoms with Crippen LogP contribution in [0.5, 0.6) is 0 Å². The molecule has 0 atom stereocenters. The summed E-state index contributed by atoms with van der Waals surface area (Å²) in [5, 5.41) is 1.20. The Kier molecular flexibility index (Phi) is 8.83. The molecule has 0 fully saturated rings. The van der Waals surface area contributed by atoms with Crippen molar-refractivity contribution < 1.29 is 0 Å². The molecule has 44 valence electrons. The van der Waals surface area contributed by atoms with Gasteiger partial charge in [-0.05, 0) is 0 Å². The molecule has 0 aromatic rings. The zero-order valence-electron chi connectivity index (χ0n) is 4.61. The molecule has 0 radical (unpaired) electrons. The Morgan fingerprint density at radius 2 is 2.14 bits per heavy atom. The first-order valence-electron chi connectivity index (χ1n) is 2.46. The van der Waals surface area contributed by atoms with Crippen LogP contribution < -0.4 is 0 Å². The Morgan fingerprint density at radius 1 is 1.43 bits per heavy atom. The van der Waals surface area contributed by atoms with Crippen molar-refractivity contribution in [2.24, 2.45) is 0 Å². The van der Waals surface area contributed by atoms with Gasteiger partial charge in [0, 0.05) is 0 Å². The summed E-state index contributed by atoms with van der Waals surface area (Å²) < 4.78 is 3.96. The second-order valence-corrected chi connectivity index (χ2v) is 6.01. The van der Waals surface area contributed by atoms with Gasteiger partial charge in [0.1, 0.15) is 0 Å². The van der Waals surface area contributed by atoms with E-state index in [1.54, 1.807) is 4.08 Å². The SMILES string of the molecule is [CH3][Po][CH2]CCCBr. The van der Waals surface area contributed by atoms with Crippen LogP contribution in [-0.2, 0) is 0 Å². The first-order valence-corrected chi connectivity index (χ1v) is 9.00. The molecule has 0 aromatic carbocycles. The summed E-state index contributed by atoms with van der Waals surface area (Å²) >= 11 is 3.58. The van der Waals surface area contributed by atoms with Crippen LogP contribution in [0, 0.1) is 0 Å². The van der Waals surface area contributed by atoms with Crippen molar-refractivity contribution in [2.75, 3.05) is 5.33 Å². The van der Waals surface area contributed by atoms with Gasteiger partial charge in [-0.1, -0.05) is 0 Å². The first-order chi connectivity index (χ1) is 3.41. The second-order valence-electron chi connectivity index (χ2n) is 1.39. The maximum absolute atomic E-state index is 3.40. The number of alkyl halides is 1. The molecule has 0 rings (SSSR count). The summed E-state index contributed by atoms with van der Waals surface area (Å²) in [4.78, 5) is 0. The van der Waals surface area contributed by atoms with E-state index in [0.29, 0.717) is 0 Å². The average molecular weight is 360 g/mol. The van der Waals surface area contributed by atoms with Crippen LogP contribution in [0.3, 0.4) is 0 Å². The van der Waals surface area contributed by atoms with Crippen molar-refractivity contribution in [3.8, 4) is 0 Å². The quantitative estimate of drug-likeness (QED) is 0.534. The molecule has 0 N–H and O–H groups in total. The van der Waals surface area contributed by atoms with Gasteiger partial charge < -0.3 is 0 Å². The van der Waals surface area contributed by atoms with Gasteiger partial charge in [0.05, 0.1) is 0 Å². The van der Waals surface area contributed by atoms with Gasteiger partial charge in [-0.25, -0.2) is 0 Å². The Hall–Kier alpha value is 1.38. The molecule has 0 aliphatic heterocycles. The molecule has 7 heavy (non-hydrogen) atoms. The summed E-state index contributed by atoms with van der Waals surface area (Å²) in [7, 11) is 0. The Morgan fingerprint density at radius 3 is 2.57 bits per heavy atom. The van der Waals surface area contributed by atoms with E-state index in [1.807, 2.05) is 0 Å². The van der Waals surface area contributed by atoms with Gasteiger partial charge in [0.2, 0.25) is 0 Å². The summed E-state index contributed by atoms with van der Waals surface area (Å²) in [6, 6.07) is 0. The molecule has 0 aliphatic carbocycles. The number of unbranched alkanes of at least 4 members (excludes halogenated alkanes) is 1. The fourth-order valence-corrected chi connectivity index (χ4v) is 2.65. The first kappa shape index (κ1) is 8.38. The van der Waals surface area contributed by atoms with E-state index in [4.69, 9.17) is 0 Å². The molecular formula is C5H11BrPo. The molecule has 0 heterocycles. The molecule has 0 saturated heterocycles. The van der Waals surface area contributed by atoms with E-state index in [2.05, 4.69) is 20.5 Å². The van der Waals surface area contributed by atoms with E-state index < -0.39 is 0 Å². The molecule has 0 nitrogen and oxygen atoms in total. The zero-order chi connectivity index (χ0) is 5.54. The Labute approximate surface area is 66.0 Å². The third-order valence-corrected chi connectivity index (χ3v) is 4.00. The minimum absolute atomic E-state index is 0.179. The standard InChI is InChI=1S/C4H8Br.CH3.Po/c1-2-3-4-5;;/h1-4H2;1H3;. The molecule has 0 bridgehead atoms. The third-order valence-electron chi connectivity index (χ3n) is 0.732. The van der Waals surface area contributed by atoms with Crippen molar-refractivity contribution in [3.05, 3.63) is 0 Å². The maximum atomic E-state index is 3.40. The summed E-state index contributed by atoms with van der Waals surface area (Å²) in [5.74, 6) is 0. The number of hydrogen-bond acceptors (Lipinski definition) is 0. The van der Waals surface area contributed by atoms with E-state index in [1.165, 1.54) is 18.2 Å². The second kappa shape index (κ2) is 7.38. The van der Waals surface area contributed by atoms with Crippen molar-refractivity contribution in [2.45, 2.75) is 21.5 Å². The fraction of sp³-hybridized carbons (Fsp3) is 1.00. The molecule has 0 aromatic heterocycles. The summed E-state index contributed by atoms with van der Waals surface area (Å²) in [6.45, 7) is 0. The monoisotopic (exact) mass is 359 g/mol. The molecule has 0 saturated carbocycles. The molecule has 0 aliphatic rings. The summed E-state index contributed by atoms with van der Waals surface area (Å²) in [5.41, 5.74) is 0. The van der Waals surface area contributed by atoms with Crippen LogP contribution in [-0.4, -0.2) is 28.9 Å². The molecule has 0 spiro atoms. The van der Waals surface area contributed by atoms with Gasteiger partial charge in [-0.3, -0.25) is 0 Å². The van der Waals surface area contributed by atoms with Crippen LogP contribution in [0.1, 0.15) is 12.8 Å². The third kappa shape index (κ3) is 7.38. The van der Waals surface area contributed by atoms with Crippen LogP contribution in [0.4, 0.5) is 0 Å². The normalized spacial score (nSPS) is 9.43. The van der Waals surface area contributed by atoms with Crippen LogP contribution in [0.15, 0.2) is 0 Å². The van der Waals surface area contributed by atoms with Crippen molar-refractivity contribution in [1.29, 1.82) is 0 Å². The molecule has 0 unspecified atom stereocenters. The van der Waals surface area contributed by atoms with Gasteiger partial charge in [-0.2, -0.15) is 0 Å². The zero-order valence-corrected chi connectivity index (χ0v) is 9.37. The Balaban J connectivity index is 2.45. The van der Waals surface area contributed by atoms with Gasteiger partial charge in [0.25, 0.3) is 0 Å². The molecular weight excluding hydrogens is 349 g/mol. The van der Waals surface area contributed by atoms with Crippen LogP contribution in [0.25, 0.3) is 0 Å². The topological polar surface area (TPSA) is 0 Å². The van der Waals surface area contributed by atoms with Crippen LogP contribution in [0.2, 0.25) is 8.66 Å². The van der Waals surface area contributed by atoms with Crippen molar-refractivity contribution in [1.82, 2.24) is 0 Å². The van der Waals surface area contributed by atoms with E-state index in [-0.39, 0.29) is 23.6 Å². The molecule has 2 heteroatoms. The Bertz CT molecular complexity index is 27.3. The number of halogens is 1.